The standard InChI is InChI=1S/C26H26N6O2/c1-29-17-21(16-28)18-2-5-22(6-3-18)31-26-30-11-8-24(32-26)19-4-7-25(20(14-19)15-27)34-23-9-12-33-13-10-23/h2-8,11,14,16-17,23,28-29H,9-10,12-13H2,1H3,(H,30,31,32)/b21-17+,28-16?. The minimum atomic E-state index is 0.0664. The van der Waals surface area contributed by atoms with Crippen molar-refractivity contribution in [3.8, 4) is 23.1 Å². The Labute approximate surface area is 198 Å². The van der Waals surface area contributed by atoms with Crippen LogP contribution in [0.3, 0.4) is 0 Å². The van der Waals surface area contributed by atoms with Crippen LogP contribution >= 0.6 is 0 Å². The van der Waals surface area contributed by atoms with Gasteiger partial charge in [-0.25, -0.2) is 9.97 Å². The van der Waals surface area contributed by atoms with E-state index in [1.165, 1.54) is 6.21 Å². The molecule has 2 heterocycles. The number of nitriles is 1. The van der Waals surface area contributed by atoms with Crippen LogP contribution < -0.4 is 15.4 Å². The van der Waals surface area contributed by atoms with E-state index in [1.54, 1.807) is 25.5 Å². The third-order valence-corrected chi connectivity index (χ3v) is 5.44. The molecule has 0 aliphatic carbocycles. The van der Waals surface area contributed by atoms with Crippen LogP contribution in [0.15, 0.2) is 60.9 Å². The summed E-state index contributed by atoms with van der Waals surface area (Å²) < 4.78 is 11.4. The lowest BCUT2D eigenvalue weighted by atomic mass is 10.1. The van der Waals surface area contributed by atoms with E-state index < -0.39 is 0 Å². The Bertz CT molecular complexity index is 1210. The molecule has 34 heavy (non-hydrogen) atoms. The molecule has 3 aromatic rings. The number of nitrogens with one attached hydrogen (secondary N) is 3. The third kappa shape index (κ3) is 5.57. The highest BCUT2D eigenvalue weighted by molar-refractivity contribution is 6.08. The van der Waals surface area contributed by atoms with Gasteiger partial charge in [0, 0.05) is 55.3 Å². The molecule has 0 radical (unpaired) electrons. The predicted octanol–water partition coefficient (Wildman–Crippen LogP) is 4.53. The molecule has 1 fully saturated rings. The van der Waals surface area contributed by atoms with Gasteiger partial charge in [0.25, 0.3) is 0 Å². The molecule has 0 unspecified atom stereocenters. The smallest absolute Gasteiger partial charge is 0.227 e. The lowest BCUT2D eigenvalue weighted by Crippen LogP contribution is -2.26. The SMILES string of the molecule is CN/C=C(\C=N)c1ccc(Nc2nccc(-c3ccc(OC4CCOCC4)c(C#N)c3)n2)cc1. The molecule has 1 saturated heterocycles. The number of benzene rings is 2. The molecular formula is C26H26N6O2. The van der Waals surface area contributed by atoms with Gasteiger partial charge in [0.1, 0.15) is 17.9 Å². The average Bonchev–Trinajstić information content (AvgIpc) is 2.89. The first-order valence-electron chi connectivity index (χ1n) is 11.1. The summed E-state index contributed by atoms with van der Waals surface area (Å²) in [6.45, 7) is 1.36. The van der Waals surface area contributed by atoms with Gasteiger partial charge in [-0.15, -0.1) is 0 Å². The summed E-state index contributed by atoms with van der Waals surface area (Å²) in [5.41, 5.74) is 4.52. The molecule has 0 saturated carbocycles. The molecule has 0 atom stereocenters. The van der Waals surface area contributed by atoms with Crippen LogP contribution in [0.2, 0.25) is 0 Å². The van der Waals surface area contributed by atoms with E-state index in [2.05, 4.69) is 26.7 Å². The molecule has 172 valence electrons. The fourth-order valence-electron chi connectivity index (χ4n) is 3.67. The van der Waals surface area contributed by atoms with Crippen LogP contribution in [-0.4, -0.2) is 42.5 Å². The van der Waals surface area contributed by atoms with E-state index in [4.69, 9.17) is 14.9 Å². The molecule has 1 aliphatic heterocycles. The topological polar surface area (TPSA) is 116 Å². The molecule has 8 heteroatoms. The fourth-order valence-corrected chi connectivity index (χ4v) is 3.67. The first-order valence-corrected chi connectivity index (χ1v) is 11.1. The van der Waals surface area contributed by atoms with Crippen molar-refractivity contribution in [1.82, 2.24) is 15.3 Å². The van der Waals surface area contributed by atoms with Crippen molar-refractivity contribution in [2.45, 2.75) is 18.9 Å². The average molecular weight is 455 g/mol. The second-order valence-corrected chi connectivity index (χ2v) is 7.75. The molecule has 4 rings (SSSR count). The maximum Gasteiger partial charge on any atom is 0.227 e. The summed E-state index contributed by atoms with van der Waals surface area (Å²) in [7, 11) is 1.80. The van der Waals surface area contributed by atoms with Gasteiger partial charge >= 0.3 is 0 Å². The zero-order valence-electron chi connectivity index (χ0n) is 18.9. The van der Waals surface area contributed by atoms with Crippen LogP contribution in [0.4, 0.5) is 11.6 Å². The van der Waals surface area contributed by atoms with E-state index >= 15 is 0 Å². The summed E-state index contributed by atoms with van der Waals surface area (Å²) in [6.07, 6.45) is 6.47. The lowest BCUT2D eigenvalue weighted by Gasteiger charge is -2.23. The second kappa shape index (κ2) is 11.1. The Morgan fingerprint density at radius 2 is 1.97 bits per heavy atom. The monoisotopic (exact) mass is 454 g/mol. The summed E-state index contributed by atoms with van der Waals surface area (Å²) in [6, 6.07) is 17.3. The van der Waals surface area contributed by atoms with Gasteiger partial charge in [0.2, 0.25) is 5.95 Å². The Morgan fingerprint density at radius 1 is 1.18 bits per heavy atom. The fraction of sp³-hybridized carbons (Fsp3) is 0.231. The van der Waals surface area contributed by atoms with Crippen LogP contribution in [-0.2, 0) is 4.74 Å². The predicted molar refractivity (Wildman–Crippen MR) is 132 cm³/mol. The number of rotatable bonds is 8. The van der Waals surface area contributed by atoms with Crippen molar-refractivity contribution in [3.63, 3.8) is 0 Å². The first kappa shape index (κ1) is 23.0. The normalized spacial score (nSPS) is 14.2. The number of hydrogen-bond donors (Lipinski definition) is 3. The lowest BCUT2D eigenvalue weighted by molar-refractivity contribution is 0.0254. The Balaban J connectivity index is 1.50. The molecule has 1 aliphatic rings. The number of aromatic nitrogens is 2. The zero-order valence-corrected chi connectivity index (χ0v) is 18.9. The highest BCUT2D eigenvalue weighted by Gasteiger charge is 2.17. The van der Waals surface area contributed by atoms with Crippen molar-refractivity contribution in [2.75, 3.05) is 25.6 Å². The van der Waals surface area contributed by atoms with Gasteiger partial charge in [0.05, 0.1) is 24.5 Å². The largest absolute Gasteiger partial charge is 0.489 e. The van der Waals surface area contributed by atoms with E-state index in [0.717, 1.165) is 35.2 Å². The maximum absolute atomic E-state index is 9.66. The highest BCUT2D eigenvalue weighted by atomic mass is 16.5. The van der Waals surface area contributed by atoms with Gasteiger partial charge in [0.15, 0.2) is 0 Å². The molecule has 0 spiro atoms. The quantitative estimate of drug-likeness (QED) is 0.428. The van der Waals surface area contributed by atoms with Gasteiger partial charge in [-0.3, -0.25) is 0 Å². The van der Waals surface area contributed by atoms with Gasteiger partial charge in [-0.05, 0) is 42.0 Å². The summed E-state index contributed by atoms with van der Waals surface area (Å²) in [5.74, 6) is 1.03. The Kier molecular flexibility index (Phi) is 7.48. The van der Waals surface area contributed by atoms with E-state index in [1.807, 2.05) is 42.5 Å². The van der Waals surface area contributed by atoms with Crippen molar-refractivity contribution in [2.24, 2.45) is 0 Å². The van der Waals surface area contributed by atoms with E-state index in [9.17, 15) is 5.26 Å². The molecular weight excluding hydrogens is 428 g/mol. The summed E-state index contributed by atoms with van der Waals surface area (Å²) in [5, 5.41) is 23.4. The molecule has 0 amide bonds. The number of nitrogens with zero attached hydrogens (tertiary/aromatic N) is 3. The first-order chi connectivity index (χ1) is 16.7. The maximum atomic E-state index is 9.66. The van der Waals surface area contributed by atoms with Gasteiger partial charge in [-0.2, -0.15) is 5.26 Å². The molecule has 8 nitrogen and oxygen atoms in total. The number of hydrogen-bond acceptors (Lipinski definition) is 8. The van der Waals surface area contributed by atoms with Crippen LogP contribution in [0.25, 0.3) is 16.8 Å². The Hall–Kier alpha value is -4.22. The molecule has 3 N–H and O–H groups in total. The molecule has 2 aromatic carbocycles. The van der Waals surface area contributed by atoms with E-state index in [-0.39, 0.29) is 6.10 Å². The molecule has 1 aromatic heterocycles. The van der Waals surface area contributed by atoms with E-state index in [0.29, 0.717) is 36.2 Å². The highest BCUT2D eigenvalue weighted by Crippen LogP contribution is 2.28. The number of anilines is 2. The summed E-state index contributed by atoms with van der Waals surface area (Å²) in [4.78, 5) is 8.94. The van der Waals surface area contributed by atoms with Crippen molar-refractivity contribution < 1.29 is 9.47 Å². The van der Waals surface area contributed by atoms with Gasteiger partial charge in [-0.1, -0.05) is 12.1 Å². The second-order valence-electron chi connectivity index (χ2n) is 7.75. The summed E-state index contributed by atoms with van der Waals surface area (Å²) >= 11 is 0. The van der Waals surface area contributed by atoms with Crippen LogP contribution in [0.5, 0.6) is 5.75 Å². The zero-order chi connectivity index (χ0) is 23.8. The number of allylic oxidation sites excluding steroid dienone is 1. The van der Waals surface area contributed by atoms with Crippen molar-refractivity contribution in [1.29, 1.82) is 10.7 Å². The van der Waals surface area contributed by atoms with Crippen LogP contribution in [0.1, 0.15) is 24.0 Å². The Morgan fingerprint density at radius 3 is 2.68 bits per heavy atom. The van der Waals surface area contributed by atoms with Crippen LogP contribution in [0, 0.1) is 16.7 Å². The minimum absolute atomic E-state index is 0.0664. The van der Waals surface area contributed by atoms with Crippen molar-refractivity contribution >= 4 is 23.4 Å². The minimum Gasteiger partial charge on any atom is -0.489 e. The molecule has 0 bridgehead atoms. The third-order valence-electron chi connectivity index (χ3n) is 5.44. The number of ether oxygens (including phenoxy) is 2. The van der Waals surface area contributed by atoms with Gasteiger partial charge < -0.3 is 25.5 Å². The van der Waals surface area contributed by atoms with Crippen molar-refractivity contribution in [3.05, 3.63) is 72.1 Å².